The zero-order chi connectivity index (χ0) is 13.5. The molecule has 0 radical (unpaired) electrons. The number of ether oxygens (including phenoxy) is 4. The van der Waals surface area contributed by atoms with Crippen molar-refractivity contribution < 1.29 is 29.0 Å². The minimum Gasteiger partial charge on any atom is -0.468 e. The van der Waals surface area contributed by atoms with Crippen molar-refractivity contribution in [3.63, 3.8) is 0 Å². The van der Waals surface area contributed by atoms with Crippen molar-refractivity contribution in [1.29, 1.82) is 0 Å². The van der Waals surface area contributed by atoms with Crippen LogP contribution in [0.5, 0.6) is 11.5 Å². The summed E-state index contributed by atoms with van der Waals surface area (Å²) >= 11 is 0. The average Bonchev–Trinajstić information content (AvgIpc) is 2.32. The molecule has 0 heterocycles. The van der Waals surface area contributed by atoms with Gasteiger partial charge in [0.2, 0.25) is 0 Å². The topological polar surface area (TPSA) is 77.4 Å². The SMILES string of the molecule is COCOc1cc(C)cc(OCOC)c1B(O)O. The first-order valence-electron chi connectivity index (χ1n) is 5.34. The highest BCUT2D eigenvalue weighted by atomic mass is 16.7. The maximum absolute atomic E-state index is 9.39. The highest BCUT2D eigenvalue weighted by molar-refractivity contribution is 6.61. The molecule has 0 aromatic heterocycles. The van der Waals surface area contributed by atoms with Crippen LogP contribution in [0.3, 0.4) is 0 Å². The summed E-state index contributed by atoms with van der Waals surface area (Å²) in [5, 5.41) is 18.8. The molecule has 6 nitrogen and oxygen atoms in total. The molecule has 0 aliphatic rings. The molecular weight excluding hydrogens is 239 g/mol. The van der Waals surface area contributed by atoms with Gasteiger partial charge in [0, 0.05) is 14.2 Å². The maximum Gasteiger partial charge on any atom is 0.496 e. The lowest BCUT2D eigenvalue weighted by Gasteiger charge is -2.16. The van der Waals surface area contributed by atoms with Crippen molar-refractivity contribution in [2.75, 3.05) is 27.8 Å². The minimum absolute atomic E-state index is 0.00684. The van der Waals surface area contributed by atoms with Gasteiger partial charge in [-0.2, -0.15) is 0 Å². The van der Waals surface area contributed by atoms with E-state index >= 15 is 0 Å². The molecule has 1 rings (SSSR count). The van der Waals surface area contributed by atoms with Crippen molar-refractivity contribution in [2.24, 2.45) is 0 Å². The van der Waals surface area contributed by atoms with E-state index in [1.165, 1.54) is 14.2 Å². The van der Waals surface area contributed by atoms with Gasteiger partial charge in [-0.25, -0.2) is 0 Å². The van der Waals surface area contributed by atoms with E-state index in [2.05, 4.69) is 0 Å². The van der Waals surface area contributed by atoms with Gasteiger partial charge in [-0.3, -0.25) is 0 Å². The number of hydrogen-bond donors (Lipinski definition) is 2. The fraction of sp³-hybridized carbons (Fsp3) is 0.455. The molecule has 0 saturated carbocycles. The van der Waals surface area contributed by atoms with Gasteiger partial charge in [0.1, 0.15) is 11.5 Å². The van der Waals surface area contributed by atoms with Gasteiger partial charge < -0.3 is 29.0 Å². The van der Waals surface area contributed by atoms with E-state index in [4.69, 9.17) is 18.9 Å². The fourth-order valence-electron chi connectivity index (χ4n) is 1.47. The Morgan fingerprint density at radius 1 is 1.00 bits per heavy atom. The molecule has 7 heteroatoms. The quantitative estimate of drug-likeness (QED) is 0.512. The highest BCUT2D eigenvalue weighted by Crippen LogP contribution is 2.20. The molecule has 0 unspecified atom stereocenters. The third-order valence-electron chi connectivity index (χ3n) is 2.17. The van der Waals surface area contributed by atoms with E-state index < -0.39 is 7.12 Å². The molecule has 0 atom stereocenters. The molecule has 0 bridgehead atoms. The van der Waals surface area contributed by atoms with Gasteiger partial charge in [-0.05, 0) is 24.6 Å². The van der Waals surface area contributed by atoms with Crippen molar-refractivity contribution >= 4 is 12.6 Å². The third-order valence-corrected chi connectivity index (χ3v) is 2.17. The third kappa shape index (κ3) is 3.88. The van der Waals surface area contributed by atoms with Crippen LogP contribution in [0, 0.1) is 6.92 Å². The Morgan fingerprint density at radius 3 is 1.78 bits per heavy atom. The van der Waals surface area contributed by atoms with Crippen LogP contribution in [-0.4, -0.2) is 45.0 Å². The van der Waals surface area contributed by atoms with Gasteiger partial charge in [0.25, 0.3) is 0 Å². The van der Waals surface area contributed by atoms with E-state index in [9.17, 15) is 10.0 Å². The van der Waals surface area contributed by atoms with Crippen LogP contribution in [0.4, 0.5) is 0 Å². The number of hydrogen-bond acceptors (Lipinski definition) is 6. The summed E-state index contributed by atoms with van der Waals surface area (Å²) in [7, 11) is 1.25. The fourth-order valence-corrected chi connectivity index (χ4v) is 1.47. The molecule has 0 spiro atoms. The van der Waals surface area contributed by atoms with E-state index in [0.717, 1.165) is 5.56 Å². The van der Waals surface area contributed by atoms with Gasteiger partial charge in [-0.15, -0.1) is 0 Å². The molecule has 0 saturated heterocycles. The van der Waals surface area contributed by atoms with Crippen molar-refractivity contribution in [2.45, 2.75) is 6.92 Å². The lowest BCUT2D eigenvalue weighted by Crippen LogP contribution is -2.33. The van der Waals surface area contributed by atoms with E-state index in [0.29, 0.717) is 11.5 Å². The molecule has 0 aliphatic carbocycles. The highest BCUT2D eigenvalue weighted by Gasteiger charge is 2.23. The normalized spacial score (nSPS) is 10.3. The van der Waals surface area contributed by atoms with Crippen LogP contribution in [0.15, 0.2) is 12.1 Å². The molecule has 1 aromatic rings. The van der Waals surface area contributed by atoms with E-state index in [1.54, 1.807) is 12.1 Å². The molecule has 100 valence electrons. The van der Waals surface area contributed by atoms with Crippen molar-refractivity contribution in [3.05, 3.63) is 17.7 Å². The Kier molecular flexibility index (Phi) is 5.93. The van der Waals surface area contributed by atoms with Crippen LogP contribution >= 0.6 is 0 Å². The van der Waals surface area contributed by atoms with E-state index in [-0.39, 0.29) is 19.0 Å². The Balaban J connectivity index is 3.09. The molecule has 0 aliphatic heterocycles. The Labute approximate surface area is 106 Å². The van der Waals surface area contributed by atoms with Gasteiger partial charge in [-0.1, -0.05) is 0 Å². The minimum atomic E-state index is -1.70. The molecule has 2 N–H and O–H groups in total. The predicted octanol–water partition coefficient (Wildman–Crippen LogP) is -0.360. The number of rotatable bonds is 7. The number of aryl methyl sites for hydroxylation is 1. The largest absolute Gasteiger partial charge is 0.496 e. The standard InChI is InChI=1S/C11H17BO6/c1-8-4-9(17-6-15-2)11(12(13)14)10(5-8)18-7-16-3/h4-5,13-14H,6-7H2,1-3H3. The summed E-state index contributed by atoms with van der Waals surface area (Å²) in [5.74, 6) is 0.607. The lowest BCUT2D eigenvalue weighted by molar-refractivity contribution is 0.0471. The summed E-state index contributed by atoms with van der Waals surface area (Å²) < 4.78 is 20.2. The van der Waals surface area contributed by atoms with Gasteiger partial charge >= 0.3 is 7.12 Å². The van der Waals surface area contributed by atoms with Gasteiger partial charge in [0.15, 0.2) is 13.6 Å². The smallest absolute Gasteiger partial charge is 0.468 e. The molecule has 1 aromatic carbocycles. The van der Waals surface area contributed by atoms with Crippen LogP contribution in [0.1, 0.15) is 5.56 Å². The Morgan fingerprint density at radius 2 is 1.44 bits per heavy atom. The second kappa shape index (κ2) is 7.22. The van der Waals surface area contributed by atoms with Crippen molar-refractivity contribution in [3.8, 4) is 11.5 Å². The summed E-state index contributed by atoms with van der Waals surface area (Å²) in [5.41, 5.74) is 1.01. The second-order valence-electron chi connectivity index (χ2n) is 3.65. The van der Waals surface area contributed by atoms with Crippen LogP contribution in [-0.2, 0) is 9.47 Å². The average molecular weight is 256 g/mol. The lowest BCUT2D eigenvalue weighted by atomic mass is 9.78. The zero-order valence-electron chi connectivity index (χ0n) is 10.7. The summed E-state index contributed by atoms with van der Waals surface area (Å²) in [6.07, 6.45) is 0. The monoisotopic (exact) mass is 256 g/mol. The molecule has 0 amide bonds. The number of methoxy groups -OCH3 is 2. The predicted molar refractivity (Wildman–Crippen MR) is 66.0 cm³/mol. The van der Waals surface area contributed by atoms with Crippen LogP contribution in [0.2, 0.25) is 0 Å². The first-order chi connectivity index (χ1) is 8.60. The van der Waals surface area contributed by atoms with Gasteiger partial charge in [0.05, 0.1) is 5.46 Å². The summed E-state index contributed by atoms with van der Waals surface area (Å²) in [6, 6.07) is 3.35. The van der Waals surface area contributed by atoms with E-state index in [1.807, 2.05) is 6.92 Å². The first kappa shape index (κ1) is 14.8. The molecular formula is C11H17BO6. The Hall–Kier alpha value is -1.28. The molecule has 18 heavy (non-hydrogen) atoms. The molecule has 0 fully saturated rings. The number of benzene rings is 1. The zero-order valence-corrected chi connectivity index (χ0v) is 10.7. The van der Waals surface area contributed by atoms with Crippen molar-refractivity contribution in [1.82, 2.24) is 0 Å². The summed E-state index contributed by atoms with van der Waals surface area (Å²) in [4.78, 5) is 0. The maximum atomic E-state index is 9.39. The van der Waals surface area contributed by atoms with Crippen LogP contribution < -0.4 is 14.9 Å². The van der Waals surface area contributed by atoms with Crippen LogP contribution in [0.25, 0.3) is 0 Å². The summed E-state index contributed by atoms with van der Waals surface area (Å²) in [6.45, 7) is 1.85. The first-order valence-corrected chi connectivity index (χ1v) is 5.34. The second-order valence-corrected chi connectivity index (χ2v) is 3.65. The Bertz CT molecular complexity index is 353.